The molecule has 0 aromatic rings. The van der Waals surface area contributed by atoms with Crippen LogP contribution in [0.25, 0.3) is 0 Å². The lowest BCUT2D eigenvalue weighted by molar-refractivity contribution is -0.131. The molecule has 1 rings (SSSR count). The Bertz CT molecular complexity index is 256. The van der Waals surface area contributed by atoms with Crippen molar-refractivity contribution in [2.24, 2.45) is 5.92 Å². The van der Waals surface area contributed by atoms with Gasteiger partial charge in [-0.1, -0.05) is 13.8 Å². The summed E-state index contributed by atoms with van der Waals surface area (Å²) in [6, 6.07) is 0. The minimum absolute atomic E-state index is 0.0190. The monoisotopic (exact) mass is 230 g/mol. The molecule has 1 aliphatic heterocycles. The van der Waals surface area contributed by atoms with Gasteiger partial charge in [-0.05, 0) is 5.92 Å². The Morgan fingerprint density at radius 2 is 2.13 bits per heavy atom. The highest BCUT2D eigenvalue weighted by molar-refractivity contribution is 7.81. The molecule has 1 saturated heterocycles. The van der Waals surface area contributed by atoms with Gasteiger partial charge >= 0.3 is 0 Å². The van der Waals surface area contributed by atoms with E-state index in [9.17, 15) is 9.59 Å². The molecule has 0 bridgehead atoms. The molecule has 1 aliphatic rings. The molecule has 1 fully saturated rings. The standard InChI is InChI=1S/C10H18N2O2S/c1-7(2)9(15)10(14)12-5-3-8(13)11-4-6-12/h7,9,15H,3-6H2,1-2H3,(H,11,13). The molecule has 1 heterocycles. The molecule has 5 heteroatoms. The number of nitrogens with zero attached hydrogens (tertiary/aromatic N) is 1. The Hall–Kier alpha value is -0.710. The van der Waals surface area contributed by atoms with Gasteiger partial charge in [-0.25, -0.2) is 0 Å². The van der Waals surface area contributed by atoms with Gasteiger partial charge in [0.05, 0.1) is 5.25 Å². The third kappa shape index (κ3) is 3.41. The molecule has 4 nitrogen and oxygen atoms in total. The highest BCUT2D eigenvalue weighted by atomic mass is 32.1. The number of rotatable bonds is 2. The third-order valence-corrected chi connectivity index (χ3v) is 3.33. The molecule has 0 aromatic heterocycles. The smallest absolute Gasteiger partial charge is 0.235 e. The summed E-state index contributed by atoms with van der Waals surface area (Å²) in [5.74, 6) is 0.267. The lowest BCUT2D eigenvalue weighted by Crippen LogP contribution is -2.40. The summed E-state index contributed by atoms with van der Waals surface area (Å²) in [4.78, 5) is 24.7. The summed E-state index contributed by atoms with van der Waals surface area (Å²) in [6.07, 6.45) is 0.393. The van der Waals surface area contributed by atoms with E-state index < -0.39 is 0 Å². The zero-order valence-corrected chi connectivity index (χ0v) is 10.1. The number of hydrogen-bond donors (Lipinski definition) is 2. The van der Waals surface area contributed by atoms with Gasteiger partial charge in [0.2, 0.25) is 11.8 Å². The van der Waals surface area contributed by atoms with E-state index in [1.54, 1.807) is 4.90 Å². The molecule has 1 atom stereocenters. The van der Waals surface area contributed by atoms with Gasteiger partial charge < -0.3 is 10.2 Å². The van der Waals surface area contributed by atoms with E-state index in [-0.39, 0.29) is 23.0 Å². The van der Waals surface area contributed by atoms with E-state index >= 15 is 0 Å². The molecule has 2 amide bonds. The molecule has 0 spiro atoms. The second kappa shape index (κ2) is 5.39. The maximum atomic E-state index is 11.9. The van der Waals surface area contributed by atoms with Crippen molar-refractivity contribution in [3.8, 4) is 0 Å². The average molecular weight is 230 g/mol. The number of amides is 2. The van der Waals surface area contributed by atoms with Crippen LogP contribution in [-0.4, -0.2) is 41.6 Å². The second-order valence-electron chi connectivity index (χ2n) is 4.11. The van der Waals surface area contributed by atoms with Crippen LogP contribution in [-0.2, 0) is 9.59 Å². The Balaban J connectivity index is 2.55. The van der Waals surface area contributed by atoms with Crippen LogP contribution in [0.5, 0.6) is 0 Å². The molecule has 1 unspecified atom stereocenters. The maximum Gasteiger partial charge on any atom is 0.235 e. The van der Waals surface area contributed by atoms with E-state index in [1.165, 1.54) is 0 Å². The normalized spacial score (nSPS) is 19.7. The van der Waals surface area contributed by atoms with E-state index in [4.69, 9.17) is 0 Å². The van der Waals surface area contributed by atoms with Gasteiger partial charge in [0, 0.05) is 26.1 Å². The van der Waals surface area contributed by atoms with Crippen molar-refractivity contribution in [3.05, 3.63) is 0 Å². The second-order valence-corrected chi connectivity index (χ2v) is 4.67. The summed E-state index contributed by atoms with van der Waals surface area (Å²) < 4.78 is 0. The molecule has 0 radical (unpaired) electrons. The fourth-order valence-electron chi connectivity index (χ4n) is 1.46. The van der Waals surface area contributed by atoms with Crippen molar-refractivity contribution in [3.63, 3.8) is 0 Å². The SMILES string of the molecule is CC(C)C(S)C(=O)N1CCNC(=O)CC1. The van der Waals surface area contributed by atoms with Crippen LogP contribution in [0.3, 0.4) is 0 Å². The molecule has 0 saturated carbocycles. The quantitative estimate of drug-likeness (QED) is 0.670. The van der Waals surface area contributed by atoms with Crippen LogP contribution >= 0.6 is 12.6 Å². The van der Waals surface area contributed by atoms with Crippen LogP contribution in [0.15, 0.2) is 0 Å². The van der Waals surface area contributed by atoms with Gasteiger partial charge in [0.1, 0.15) is 0 Å². The first-order valence-corrected chi connectivity index (χ1v) is 5.77. The van der Waals surface area contributed by atoms with Crippen LogP contribution < -0.4 is 5.32 Å². The molecule has 15 heavy (non-hydrogen) atoms. The summed E-state index contributed by atoms with van der Waals surface area (Å²) >= 11 is 4.29. The molecule has 1 N–H and O–H groups in total. The summed E-state index contributed by atoms with van der Waals surface area (Å²) in [5, 5.41) is 2.47. The average Bonchev–Trinajstić information content (AvgIpc) is 2.40. The van der Waals surface area contributed by atoms with Crippen molar-refractivity contribution in [1.82, 2.24) is 10.2 Å². The highest BCUT2D eigenvalue weighted by Gasteiger charge is 2.25. The molecule has 0 aliphatic carbocycles. The van der Waals surface area contributed by atoms with E-state index in [1.807, 2.05) is 13.8 Å². The molecular weight excluding hydrogens is 212 g/mol. The van der Waals surface area contributed by atoms with Gasteiger partial charge in [-0.3, -0.25) is 9.59 Å². The van der Waals surface area contributed by atoms with E-state index in [2.05, 4.69) is 17.9 Å². The minimum Gasteiger partial charge on any atom is -0.354 e. The van der Waals surface area contributed by atoms with Crippen molar-refractivity contribution in [2.75, 3.05) is 19.6 Å². The van der Waals surface area contributed by atoms with Gasteiger partial charge in [0.25, 0.3) is 0 Å². The first-order chi connectivity index (χ1) is 7.02. The number of carbonyl (C=O) groups excluding carboxylic acids is 2. The van der Waals surface area contributed by atoms with Crippen LogP contribution in [0, 0.1) is 5.92 Å². The Labute approximate surface area is 95.8 Å². The van der Waals surface area contributed by atoms with E-state index in [0.717, 1.165) is 0 Å². The maximum absolute atomic E-state index is 11.9. The number of hydrogen-bond acceptors (Lipinski definition) is 3. The lowest BCUT2D eigenvalue weighted by atomic mass is 10.1. The predicted octanol–water partition coefficient (Wildman–Crippen LogP) is 0.289. The zero-order chi connectivity index (χ0) is 11.4. The Kier molecular flexibility index (Phi) is 4.45. The fourth-order valence-corrected chi connectivity index (χ4v) is 1.62. The Morgan fingerprint density at radius 3 is 2.73 bits per heavy atom. The summed E-state index contributed by atoms with van der Waals surface area (Å²) in [6.45, 7) is 5.58. The van der Waals surface area contributed by atoms with E-state index in [0.29, 0.717) is 26.1 Å². The number of thiol groups is 1. The number of carbonyl (C=O) groups is 2. The predicted molar refractivity (Wildman–Crippen MR) is 61.8 cm³/mol. The van der Waals surface area contributed by atoms with Crippen molar-refractivity contribution >= 4 is 24.4 Å². The number of nitrogens with one attached hydrogen (secondary N) is 1. The van der Waals surface area contributed by atoms with Crippen molar-refractivity contribution < 1.29 is 9.59 Å². The van der Waals surface area contributed by atoms with Gasteiger partial charge in [-0.15, -0.1) is 0 Å². The minimum atomic E-state index is -0.266. The highest BCUT2D eigenvalue weighted by Crippen LogP contribution is 2.13. The van der Waals surface area contributed by atoms with Crippen LogP contribution in [0.2, 0.25) is 0 Å². The third-order valence-electron chi connectivity index (χ3n) is 2.51. The topological polar surface area (TPSA) is 49.4 Å². The molecule has 86 valence electrons. The molecule has 0 aromatic carbocycles. The van der Waals surface area contributed by atoms with Crippen molar-refractivity contribution in [1.29, 1.82) is 0 Å². The van der Waals surface area contributed by atoms with Gasteiger partial charge in [-0.2, -0.15) is 12.6 Å². The Morgan fingerprint density at radius 1 is 1.47 bits per heavy atom. The lowest BCUT2D eigenvalue weighted by Gasteiger charge is -2.24. The largest absolute Gasteiger partial charge is 0.354 e. The summed E-state index contributed by atoms with van der Waals surface area (Å²) in [5.41, 5.74) is 0. The van der Waals surface area contributed by atoms with Crippen LogP contribution in [0.4, 0.5) is 0 Å². The first kappa shape index (κ1) is 12.4. The zero-order valence-electron chi connectivity index (χ0n) is 9.19. The van der Waals surface area contributed by atoms with Gasteiger partial charge in [0.15, 0.2) is 0 Å². The van der Waals surface area contributed by atoms with Crippen LogP contribution in [0.1, 0.15) is 20.3 Å². The first-order valence-electron chi connectivity index (χ1n) is 5.26. The summed E-state index contributed by atoms with van der Waals surface area (Å²) in [7, 11) is 0. The van der Waals surface area contributed by atoms with Crippen molar-refractivity contribution in [2.45, 2.75) is 25.5 Å². The fraction of sp³-hybridized carbons (Fsp3) is 0.800. The molecular formula is C10H18N2O2S.